The molecule has 0 aliphatic heterocycles. The van der Waals surface area contributed by atoms with Crippen LogP contribution in [0.2, 0.25) is 0 Å². The summed E-state index contributed by atoms with van der Waals surface area (Å²) >= 11 is 2.73. The summed E-state index contributed by atoms with van der Waals surface area (Å²) in [5, 5.41) is 0.379. The number of amides is 1. The van der Waals surface area contributed by atoms with Crippen molar-refractivity contribution in [2.45, 2.75) is 18.2 Å². The van der Waals surface area contributed by atoms with Crippen molar-refractivity contribution in [3.8, 4) is 0 Å². The number of aromatic nitrogens is 1. The Labute approximate surface area is 189 Å². The lowest BCUT2D eigenvalue weighted by molar-refractivity contribution is 0.0983. The van der Waals surface area contributed by atoms with Crippen LogP contribution >= 0.6 is 35.5 Å². The molecule has 0 atom stereocenters. The molecule has 30 heavy (non-hydrogen) atoms. The molecule has 0 N–H and O–H groups in total. The van der Waals surface area contributed by atoms with Crippen LogP contribution in [0.3, 0.4) is 0 Å². The van der Waals surface area contributed by atoms with E-state index in [1.54, 1.807) is 22.7 Å². The average Bonchev–Trinajstić information content (AvgIpc) is 3.09. The zero-order valence-corrected chi connectivity index (χ0v) is 19.5. The SMILES string of the molecule is CCSc1ccccc1C(=O)N(CCCN(C)C)c1nc2c(F)cc(F)cc2s1.Cl. The van der Waals surface area contributed by atoms with E-state index in [0.29, 0.717) is 21.9 Å². The predicted octanol–water partition coefficient (Wildman–Crippen LogP) is 5.71. The molecule has 162 valence electrons. The molecular formula is C21H24ClF2N3OS2. The standard InChI is InChI=1S/C21H23F2N3OS2.ClH/c1-4-28-17-9-6-5-8-15(17)20(27)26(11-7-10-25(2)3)21-24-19-16(23)12-14(22)13-18(19)29-21;/h5-6,8-9,12-13H,4,7,10-11H2,1-3H3;1H. The van der Waals surface area contributed by atoms with E-state index >= 15 is 0 Å². The molecule has 0 saturated heterocycles. The molecule has 0 unspecified atom stereocenters. The van der Waals surface area contributed by atoms with Crippen molar-refractivity contribution >= 4 is 56.8 Å². The molecule has 0 radical (unpaired) electrons. The second-order valence-electron chi connectivity index (χ2n) is 6.77. The van der Waals surface area contributed by atoms with Crippen LogP contribution in [0.25, 0.3) is 10.2 Å². The second kappa shape index (κ2) is 11.0. The minimum atomic E-state index is -0.717. The molecule has 0 aliphatic carbocycles. The molecule has 9 heteroatoms. The van der Waals surface area contributed by atoms with E-state index in [1.807, 2.05) is 44.1 Å². The lowest BCUT2D eigenvalue weighted by Crippen LogP contribution is -2.33. The number of hydrogen-bond acceptors (Lipinski definition) is 5. The third-order valence-electron chi connectivity index (χ3n) is 4.28. The number of nitrogens with zero attached hydrogens (tertiary/aromatic N) is 3. The summed E-state index contributed by atoms with van der Waals surface area (Å²) in [5.41, 5.74) is 0.683. The van der Waals surface area contributed by atoms with Crippen molar-refractivity contribution in [1.29, 1.82) is 0 Å². The topological polar surface area (TPSA) is 36.4 Å². The molecule has 4 nitrogen and oxygen atoms in total. The number of thiazole rings is 1. The summed E-state index contributed by atoms with van der Waals surface area (Å²) in [5.74, 6) is -0.706. The monoisotopic (exact) mass is 471 g/mol. The lowest BCUT2D eigenvalue weighted by atomic mass is 10.2. The highest BCUT2D eigenvalue weighted by Gasteiger charge is 2.24. The normalized spacial score (nSPS) is 11.0. The van der Waals surface area contributed by atoms with Crippen LogP contribution in [0.1, 0.15) is 23.7 Å². The Morgan fingerprint density at radius 1 is 1.17 bits per heavy atom. The smallest absolute Gasteiger partial charge is 0.261 e. The van der Waals surface area contributed by atoms with Gasteiger partial charge in [-0.1, -0.05) is 30.4 Å². The van der Waals surface area contributed by atoms with Crippen LogP contribution in [-0.4, -0.2) is 48.7 Å². The second-order valence-corrected chi connectivity index (χ2v) is 9.09. The third kappa shape index (κ3) is 5.69. The molecule has 0 bridgehead atoms. The van der Waals surface area contributed by atoms with Crippen LogP contribution < -0.4 is 4.90 Å². The first kappa shape index (κ1) is 24.5. The minimum Gasteiger partial charge on any atom is -0.309 e. The highest BCUT2D eigenvalue weighted by atomic mass is 35.5. The van der Waals surface area contributed by atoms with E-state index in [-0.39, 0.29) is 23.8 Å². The van der Waals surface area contributed by atoms with Gasteiger partial charge in [0.2, 0.25) is 0 Å². The van der Waals surface area contributed by atoms with E-state index in [1.165, 1.54) is 6.07 Å². The maximum atomic E-state index is 14.2. The van der Waals surface area contributed by atoms with Crippen molar-refractivity contribution in [2.75, 3.05) is 37.8 Å². The van der Waals surface area contributed by atoms with Crippen LogP contribution in [0.15, 0.2) is 41.3 Å². The largest absolute Gasteiger partial charge is 0.309 e. The van der Waals surface area contributed by atoms with Gasteiger partial charge in [-0.25, -0.2) is 13.8 Å². The van der Waals surface area contributed by atoms with Crippen LogP contribution in [0.4, 0.5) is 13.9 Å². The Morgan fingerprint density at radius 2 is 1.90 bits per heavy atom. The first-order valence-corrected chi connectivity index (χ1v) is 11.1. The summed E-state index contributed by atoms with van der Waals surface area (Å²) in [7, 11) is 3.93. The number of thioether (sulfide) groups is 1. The van der Waals surface area contributed by atoms with Gasteiger partial charge in [0.25, 0.3) is 5.91 Å². The maximum Gasteiger partial charge on any atom is 0.261 e. The number of carbonyl (C=O) groups is 1. The Morgan fingerprint density at radius 3 is 2.60 bits per heavy atom. The summed E-state index contributed by atoms with van der Waals surface area (Å²) in [4.78, 5) is 22.3. The maximum absolute atomic E-state index is 14.2. The summed E-state index contributed by atoms with van der Waals surface area (Å²) in [6.07, 6.45) is 0.731. The van der Waals surface area contributed by atoms with Gasteiger partial charge in [-0.3, -0.25) is 9.69 Å². The Balaban J connectivity index is 0.00000320. The highest BCUT2D eigenvalue weighted by Crippen LogP contribution is 2.33. The predicted molar refractivity (Wildman–Crippen MR) is 124 cm³/mol. The number of halogens is 3. The number of rotatable bonds is 8. The van der Waals surface area contributed by atoms with Gasteiger partial charge in [0, 0.05) is 17.5 Å². The number of fused-ring (bicyclic) bond motifs is 1. The van der Waals surface area contributed by atoms with Crippen LogP contribution in [-0.2, 0) is 0 Å². The van der Waals surface area contributed by atoms with Crippen molar-refractivity contribution in [3.63, 3.8) is 0 Å². The van der Waals surface area contributed by atoms with Gasteiger partial charge in [-0.15, -0.1) is 24.2 Å². The molecule has 2 aromatic carbocycles. The van der Waals surface area contributed by atoms with Crippen molar-refractivity contribution in [3.05, 3.63) is 53.6 Å². The molecule has 3 rings (SSSR count). The zero-order valence-electron chi connectivity index (χ0n) is 17.0. The van der Waals surface area contributed by atoms with Gasteiger partial charge < -0.3 is 4.90 Å². The first-order valence-electron chi connectivity index (χ1n) is 9.34. The lowest BCUT2D eigenvalue weighted by Gasteiger charge is -2.22. The molecule has 3 aromatic rings. The van der Waals surface area contributed by atoms with Gasteiger partial charge in [0.05, 0.1) is 10.3 Å². The first-order chi connectivity index (χ1) is 13.9. The van der Waals surface area contributed by atoms with E-state index in [4.69, 9.17) is 0 Å². The molecule has 0 aliphatic rings. The molecule has 1 amide bonds. The summed E-state index contributed by atoms with van der Waals surface area (Å²) in [6.45, 7) is 3.26. The summed E-state index contributed by atoms with van der Waals surface area (Å²) < 4.78 is 28.2. The van der Waals surface area contributed by atoms with E-state index in [0.717, 1.165) is 41.0 Å². The van der Waals surface area contributed by atoms with Crippen LogP contribution in [0, 0.1) is 11.6 Å². The number of benzene rings is 2. The van der Waals surface area contributed by atoms with Crippen molar-refractivity contribution in [2.24, 2.45) is 0 Å². The van der Waals surface area contributed by atoms with Gasteiger partial charge in [0.15, 0.2) is 10.9 Å². The molecule has 0 fully saturated rings. The van der Waals surface area contributed by atoms with Gasteiger partial charge >= 0.3 is 0 Å². The van der Waals surface area contributed by atoms with Crippen molar-refractivity contribution < 1.29 is 13.6 Å². The Hall–Kier alpha value is -1.74. The molecule has 0 spiro atoms. The quantitative estimate of drug-likeness (QED) is 0.394. The summed E-state index contributed by atoms with van der Waals surface area (Å²) in [6, 6.07) is 9.53. The van der Waals surface area contributed by atoms with Gasteiger partial charge in [-0.2, -0.15) is 0 Å². The van der Waals surface area contributed by atoms with E-state index in [9.17, 15) is 13.6 Å². The third-order valence-corrected chi connectivity index (χ3v) is 6.26. The highest BCUT2D eigenvalue weighted by molar-refractivity contribution is 7.99. The molecule has 1 heterocycles. The van der Waals surface area contributed by atoms with Gasteiger partial charge in [0.1, 0.15) is 11.3 Å². The van der Waals surface area contributed by atoms with E-state index in [2.05, 4.69) is 4.98 Å². The van der Waals surface area contributed by atoms with Gasteiger partial charge in [-0.05, 0) is 51.0 Å². The van der Waals surface area contributed by atoms with Crippen molar-refractivity contribution in [1.82, 2.24) is 9.88 Å². The number of hydrogen-bond donors (Lipinski definition) is 0. The molecule has 0 saturated carbocycles. The zero-order chi connectivity index (χ0) is 21.0. The fourth-order valence-corrected chi connectivity index (χ4v) is 4.79. The van der Waals surface area contributed by atoms with Crippen LogP contribution in [0.5, 0.6) is 0 Å². The fourth-order valence-electron chi connectivity index (χ4n) is 2.96. The minimum absolute atomic E-state index is 0. The number of carbonyl (C=O) groups excluding carboxylic acids is 1. The average molecular weight is 472 g/mol. The molecular weight excluding hydrogens is 448 g/mol. The molecule has 1 aromatic heterocycles. The fraction of sp³-hybridized carbons (Fsp3) is 0.333. The Kier molecular flexibility index (Phi) is 9.03. The number of anilines is 1. The van der Waals surface area contributed by atoms with E-state index < -0.39 is 11.6 Å². The Bertz CT molecular complexity index is 1010.